The maximum atomic E-state index is 5.62. The molecule has 0 fully saturated rings. The van der Waals surface area contributed by atoms with E-state index in [1.807, 2.05) is 13.0 Å². The molecule has 0 saturated carbocycles. The lowest BCUT2D eigenvalue weighted by Crippen LogP contribution is -1.91. The fourth-order valence-corrected chi connectivity index (χ4v) is 1.88. The van der Waals surface area contributed by atoms with Gasteiger partial charge in [-0.25, -0.2) is 9.97 Å². The number of aryl methyl sites for hydroxylation is 1. The van der Waals surface area contributed by atoms with Crippen LogP contribution in [0.3, 0.4) is 0 Å². The van der Waals surface area contributed by atoms with Gasteiger partial charge in [-0.2, -0.15) is 0 Å². The molecule has 0 aliphatic heterocycles. The van der Waals surface area contributed by atoms with Gasteiger partial charge in [0.05, 0.1) is 18.1 Å². The molecule has 0 saturated heterocycles. The summed E-state index contributed by atoms with van der Waals surface area (Å²) in [7, 11) is 0. The summed E-state index contributed by atoms with van der Waals surface area (Å²) in [4.78, 5) is 12.4. The monoisotopic (exact) mass is 218 g/mol. The van der Waals surface area contributed by atoms with Gasteiger partial charge in [0.1, 0.15) is 10.1 Å². The summed E-state index contributed by atoms with van der Waals surface area (Å²) >= 11 is 1.48. The highest BCUT2D eigenvalue weighted by Gasteiger charge is 2.03. The van der Waals surface area contributed by atoms with Crippen LogP contribution in [0.4, 0.5) is 5.69 Å². The average molecular weight is 218 g/mol. The van der Waals surface area contributed by atoms with E-state index in [1.54, 1.807) is 24.8 Å². The van der Waals surface area contributed by atoms with Crippen LogP contribution < -0.4 is 5.73 Å². The number of hydrogen-bond donors (Lipinski definition) is 1. The first-order valence-electron chi connectivity index (χ1n) is 4.41. The Morgan fingerprint density at radius 3 is 2.73 bits per heavy atom. The molecule has 0 atom stereocenters. The second-order valence-electron chi connectivity index (χ2n) is 3.04. The molecule has 0 aromatic carbocycles. The highest BCUT2D eigenvalue weighted by molar-refractivity contribution is 7.99. The number of nitrogens with two attached hydrogens (primary N) is 1. The molecule has 2 aromatic rings. The standard InChI is InChI=1S/C10H10N4S/c1-7-4-8(11)5-14-10(7)15-9-6-12-2-3-13-9/h2-6H,11H2,1H3. The fourth-order valence-electron chi connectivity index (χ4n) is 1.13. The van der Waals surface area contributed by atoms with Crippen molar-refractivity contribution in [3.05, 3.63) is 36.4 Å². The zero-order valence-electron chi connectivity index (χ0n) is 8.21. The van der Waals surface area contributed by atoms with Crippen molar-refractivity contribution in [2.24, 2.45) is 0 Å². The lowest BCUT2D eigenvalue weighted by molar-refractivity contribution is 1.03. The third-order valence-corrected chi connectivity index (χ3v) is 2.83. The van der Waals surface area contributed by atoms with Crippen LogP contribution >= 0.6 is 11.8 Å². The van der Waals surface area contributed by atoms with E-state index in [0.29, 0.717) is 5.69 Å². The smallest absolute Gasteiger partial charge is 0.121 e. The first-order valence-corrected chi connectivity index (χ1v) is 5.23. The van der Waals surface area contributed by atoms with Gasteiger partial charge < -0.3 is 5.73 Å². The Hall–Kier alpha value is -1.62. The Bertz CT molecular complexity index is 458. The molecule has 5 heteroatoms. The van der Waals surface area contributed by atoms with E-state index in [1.165, 1.54) is 11.8 Å². The zero-order chi connectivity index (χ0) is 10.7. The number of rotatable bonds is 2. The molecule has 0 unspecified atom stereocenters. The van der Waals surface area contributed by atoms with Crippen LogP contribution in [0.15, 0.2) is 40.9 Å². The van der Waals surface area contributed by atoms with Crippen molar-refractivity contribution in [3.63, 3.8) is 0 Å². The molecule has 0 bridgehead atoms. The summed E-state index contributed by atoms with van der Waals surface area (Å²) in [6.07, 6.45) is 6.66. The molecule has 15 heavy (non-hydrogen) atoms. The highest BCUT2D eigenvalue weighted by Crippen LogP contribution is 2.26. The van der Waals surface area contributed by atoms with Crippen LogP contribution in [-0.2, 0) is 0 Å². The van der Waals surface area contributed by atoms with Crippen LogP contribution in [0.2, 0.25) is 0 Å². The van der Waals surface area contributed by atoms with Crippen LogP contribution in [-0.4, -0.2) is 15.0 Å². The van der Waals surface area contributed by atoms with E-state index in [2.05, 4.69) is 15.0 Å². The van der Waals surface area contributed by atoms with Crippen molar-refractivity contribution in [2.45, 2.75) is 17.0 Å². The van der Waals surface area contributed by atoms with Gasteiger partial charge in [-0.05, 0) is 30.3 Å². The summed E-state index contributed by atoms with van der Waals surface area (Å²) in [5, 5.41) is 1.74. The van der Waals surface area contributed by atoms with Gasteiger partial charge in [-0.1, -0.05) is 0 Å². The number of aromatic nitrogens is 3. The van der Waals surface area contributed by atoms with Gasteiger partial charge in [0, 0.05) is 12.4 Å². The summed E-state index contributed by atoms with van der Waals surface area (Å²) in [6.45, 7) is 1.97. The van der Waals surface area contributed by atoms with Crippen LogP contribution in [0.5, 0.6) is 0 Å². The fraction of sp³-hybridized carbons (Fsp3) is 0.100. The average Bonchev–Trinajstić information content (AvgIpc) is 2.24. The highest BCUT2D eigenvalue weighted by atomic mass is 32.2. The number of nitrogens with zero attached hydrogens (tertiary/aromatic N) is 3. The third kappa shape index (κ3) is 2.44. The largest absolute Gasteiger partial charge is 0.397 e. The van der Waals surface area contributed by atoms with Crippen molar-refractivity contribution in [1.82, 2.24) is 15.0 Å². The minimum absolute atomic E-state index is 0.677. The van der Waals surface area contributed by atoms with Crippen LogP contribution in [0, 0.1) is 6.92 Å². The van der Waals surface area contributed by atoms with Crippen LogP contribution in [0.25, 0.3) is 0 Å². The Morgan fingerprint density at radius 2 is 2.07 bits per heavy atom. The van der Waals surface area contributed by atoms with Gasteiger partial charge in [-0.3, -0.25) is 4.98 Å². The van der Waals surface area contributed by atoms with Crippen molar-refractivity contribution in [2.75, 3.05) is 5.73 Å². The predicted molar refractivity (Wildman–Crippen MR) is 59.5 cm³/mol. The summed E-state index contributed by atoms with van der Waals surface area (Å²) in [6, 6.07) is 1.89. The Balaban J connectivity index is 2.25. The quantitative estimate of drug-likeness (QED) is 0.834. The maximum absolute atomic E-state index is 5.62. The lowest BCUT2D eigenvalue weighted by atomic mass is 10.3. The third-order valence-electron chi connectivity index (χ3n) is 1.79. The summed E-state index contributed by atoms with van der Waals surface area (Å²) < 4.78 is 0. The van der Waals surface area contributed by atoms with E-state index in [9.17, 15) is 0 Å². The van der Waals surface area contributed by atoms with Gasteiger partial charge >= 0.3 is 0 Å². The predicted octanol–water partition coefficient (Wildman–Crippen LogP) is 1.91. The SMILES string of the molecule is Cc1cc(N)cnc1Sc1cnccn1. The topological polar surface area (TPSA) is 64.7 Å². The maximum Gasteiger partial charge on any atom is 0.121 e. The molecule has 0 amide bonds. The number of nitrogen functional groups attached to an aromatic ring is 1. The second kappa shape index (κ2) is 4.27. The van der Waals surface area contributed by atoms with Crippen LogP contribution in [0.1, 0.15) is 5.56 Å². The van der Waals surface area contributed by atoms with Gasteiger partial charge in [-0.15, -0.1) is 0 Å². The first-order chi connectivity index (χ1) is 7.25. The number of pyridine rings is 1. The second-order valence-corrected chi connectivity index (χ2v) is 4.05. The molecule has 2 heterocycles. The van der Waals surface area contributed by atoms with Gasteiger partial charge in [0.15, 0.2) is 0 Å². The molecule has 0 radical (unpaired) electrons. The van der Waals surface area contributed by atoms with Crippen molar-refractivity contribution < 1.29 is 0 Å². The Morgan fingerprint density at radius 1 is 1.20 bits per heavy atom. The minimum Gasteiger partial charge on any atom is -0.397 e. The summed E-state index contributed by atoms with van der Waals surface area (Å²) in [5.41, 5.74) is 7.34. The number of hydrogen-bond acceptors (Lipinski definition) is 5. The van der Waals surface area contributed by atoms with E-state index >= 15 is 0 Å². The molecular formula is C10H10N4S. The molecule has 4 nitrogen and oxygen atoms in total. The normalized spacial score (nSPS) is 10.2. The molecule has 0 spiro atoms. The molecule has 76 valence electrons. The van der Waals surface area contributed by atoms with Gasteiger partial charge in [0.25, 0.3) is 0 Å². The molecule has 2 aromatic heterocycles. The Kier molecular flexibility index (Phi) is 2.82. The molecule has 0 aliphatic rings. The van der Waals surface area contributed by atoms with E-state index in [0.717, 1.165) is 15.6 Å². The first kappa shape index (κ1) is 9.92. The van der Waals surface area contributed by atoms with Gasteiger partial charge in [0.2, 0.25) is 0 Å². The van der Waals surface area contributed by atoms with Crippen molar-refractivity contribution in [1.29, 1.82) is 0 Å². The zero-order valence-corrected chi connectivity index (χ0v) is 9.03. The molecule has 2 N–H and O–H groups in total. The van der Waals surface area contributed by atoms with Crippen molar-refractivity contribution in [3.8, 4) is 0 Å². The van der Waals surface area contributed by atoms with Crippen molar-refractivity contribution >= 4 is 17.4 Å². The lowest BCUT2D eigenvalue weighted by Gasteiger charge is -2.03. The van der Waals surface area contributed by atoms with E-state index in [4.69, 9.17) is 5.73 Å². The molecular weight excluding hydrogens is 208 g/mol. The summed E-state index contributed by atoms with van der Waals surface area (Å²) in [5.74, 6) is 0. The Labute approximate surface area is 92.0 Å². The van der Waals surface area contributed by atoms with E-state index < -0.39 is 0 Å². The molecule has 2 rings (SSSR count). The minimum atomic E-state index is 0.677. The number of anilines is 1. The van der Waals surface area contributed by atoms with E-state index in [-0.39, 0.29) is 0 Å². The molecule has 0 aliphatic carbocycles.